The first-order valence-corrected chi connectivity index (χ1v) is 8.17. The summed E-state index contributed by atoms with van der Waals surface area (Å²) in [5.41, 5.74) is 2.19. The number of ether oxygens (including phenoxy) is 2. The summed E-state index contributed by atoms with van der Waals surface area (Å²) in [6, 6.07) is 10.0. The van der Waals surface area contributed by atoms with Crippen LogP contribution in [0.15, 0.2) is 55.1 Å². The summed E-state index contributed by atoms with van der Waals surface area (Å²) >= 11 is 0. The van der Waals surface area contributed by atoms with Gasteiger partial charge in [0, 0.05) is 30.8 Å². The lowest BCUT2D eigenvalue weighted by Gasteiger charge is -2.17. The molecule has 0 aliphatic heterocycles. The molecule has 2 aromatic heterocycles. The number of H-pyrrole nitrogens is 1. The molecule has 2 heterocycles. The van der Waals surface area contributed by atoms with Crippen molar-refractivity contribution in [1.82, 2.24) is 20.3 Å². The number of methoxy groups -OCH3 is 1. The van der Waals surface area contributed by atoms with Crippen molar-refractivity contribution in [3.05, 3.63) is 72.1 Å². The van der Waals surface area contributed by atoms with Crippen LogP contribution < -0.4 is 14.8 Å². The highest BCUT2D eigenvalue weighted by atomic mass is 16.5. The van der Waals surface area contributed by atoms with Gasteiger partial charge in [-0.25, -0.2) is 4.98 Å². The van der Waals surface area contributed by atoms with E-state index >= 15 is 0 Å². The summed E-state index contributed by atoms with van der Waals surface area (Å²) < 4.78 is 11.4. The van der Waals surface area contributed by atoms with Gasteiger partial charge in [-0.3, -0.25) is 4.98 Å². The molecule has 130 valence electrons. The first-order chi connectivity index (χ1) is 12.3. The Bertz CT molecular complexity index is 775. The SMILES string of the molecule is COc1cc(C(C)NCc2ncc[nH]2)ccc1OCc1ccncc1. The lowest BCUT2D eigenvalue weighted by Crippen LogP contribution is -2.18. The van der Waals surface area contributed by atoms with Gasteiger partial charge < -0.3 is 19.8 Å². The lowest BCUT2D eigenvalue weighted by atomic mass is 10.1. The van der Waals surface area contributed by atoms with Gasteiger partial charge in [-0.05, 0) is 42.3 Å². The van der Waals surface area contributed by atoms with Crippen LogP contribution in [0.5, 0.6) is 11.5 Å². The molecule has 0 radical (unpaired) electrons. The van der Waals surface area contributed by atoms with E-state index in [2.05, 4.69) is 27.2 Å². The first kappa shape index (κ1) is 17.0. The predicted octanol–water partition coefficient (Wildman–Crippen LogP) is 3.24. The van der Waals surface area contributed by atoms with Crippen molar-refractivity contribution in [1.29, 1.82) is 0 Å². The molecule has 0 bridgehead atoms. The van der Waals surface area contributed by atoms with Crippen LogP contribution in [-0.2, 0) is 13.2 Å². The van der Waals surface area contributed by atoms with Gasteiger partial charge in [0.05, 0.1) is 13.7 Å². The topological polar surface area (TPSA) is 72.1 Å². The van der Waals surface area contributed by atoms with Crippen molar-refractivity contribution in [3.63, 3.8) is 0 Å². The van der Waals surface area contributed by atoms with E-state index in [9.17, 15) is 0 Å². The van der Waals surface area contributed by atoms with Crippen molar-refractivity contribution in [3.8, 4) is 11.5 Å². The van der Waals surface area contributed by atoms with Crippen molar-refractivity contribution in [2.45, 2.75) is 26.1 Å². The molecule has 0 spiro atoms. The minimum atomic E-state index is 0.160. The quantitative estimate of drug-likeness (QED) is 0.660. The Morgan fingerprint density at radius 2 is 1.96 bits per heavy atom. The Labute approximate surface area is 147 Å². The smallest absolute Gasteiger partial charge is 0.161 e. The normalized spacial score (nSPS) is 11.9. The van der Waals surface area contributed by atoms with Gasteiger partial charge in [-0.15, -0.1) is 0 Å². The van der Waals surface area contributed by atoms with E-state index in [1.165, 1.54) is 0 Å². The summed E-state index contributed by atoms with van der Waals surface area (Å²) in [6.45, 7) is 3.26. The number of imidazole rings is 1. The van der Waals surface area contributed by atoms with Crippen LogP contribution in [0.25, 0.3) is 0 Å². The van der Waals surface area contributed by atoms with Crippen LogP contribution >= 0.6 is 0 Å². The highest BCUT2D eigenvalue weighted by Gasteiger charge is 2.11. The molecule has 0 amide bonds. The summed E-state index contributed by atoms with van der Waals surface area (Å²) in [5.74, 6) is 2.36. The Balaban J connectivity index is 1.64. The number of benzene rings is 1. The summed E-state index contributed by atoms with van der Waals surface area (Å²) in [6.07, 6.45) is 7.08. The second-order valence-electron chi connectivity index (χ2n) is 5.69. The largest absolute Gasteiger partial charge is 0.493 e. The van der Waals surface area contributed by atoms with E-state index < -0.39 is 0 Å². The molecule has 1 atom stereocenters. The van der Waals surface area contributed by atoms with E-state index in [4.69, 9.17) is 9.47 Å². The minimum absolute atomic E-state index is 0.160. The molecule has 25 heavy (non-hydrogen) atoms. The van der Waals surface area contributed by atoms with Crippen molar-refractivity contribution >= 4 is 0 Å². The van der Waals surface area contributed by atoms with E-state index in [-0.39, 0.29) is 6.04 Å². The molecule has 6 nitrogen and oxygen atoms in total. The number of rotatable bonds is 8. The van der Waals surface area contributed by atoms with Gasteiger partial charge in [0.2, 0.25) is 0 Å². The molecule has 0 saturated heterocycles. The maximum Gasteiger partial charge on any atom is 0.161 e. The first-order valence-electron chi connectivity index (χ1n) is 8.17. The third kappa shape index (κ3) is 4.58. The molecule has 1 unspecified atom stereocenters. The molecule has 0 saturated carbocycles. The second kappa shape index (κ2) is 8.30. The Hall–Kier alpha value is -2.86. The number of hydrogen-bond acceptors (Lipinski definition) is 5. The molecule has 3 aromatic rings. The third-order valence-electron chi connectivity index (χ3n) is 3.96. The summed E-state index contributed by atoms with van der Waals surface area (Å²) in [7, 11) is 1.65. The van der Waals surface area contributed by atoms with Crippen LogP contribution in [0, 0.1) is 0 Å². The highest BCUT2D eigenvalue weighted by molar-refractivity contribution is 5.44. The number of hydrogen-bond donors (Lipinski definition) is 2. The molecule has 2 N–H and O–H groups in total. The molecule has 0 aliphatic carbocycles. The maximum atomic E-state index is 5.88. The predicted molar refractivity (Wildman–Crippen MR) is 95.4 cm³/mol. The number of nitrogens with zero attached hydrogens (tertiary/aromatic N) is 2. The van der Waals surface area contributed by atoms with Crippen molar-refractivity contribution in [2.24, 2.45) is 0 Å². The van der Waals surface area contributed by atoms with Crippen molar-refractivity contribution < 1.29 is 9.47 Å². The molecule has 1 aromatic carbocycles. The van der Waals surface area contributed by atoms with Gasteiger partial charge in [0.15, 0.2) is 11.5 Å². The average molecular weight is 338 g/mol. The van der Waals surface area contributed by atoms with E-state index in [1.807, 2.05) is 36.5 Å². The van der Waals surface area contributed by atoms with Crippen LogP contribution in [0.2, 0.25) is 0 Å². The number of aromatic nitrogens is 3. The van der Waals surface area contributed by atoms with Crippen LogP contribution in [0.1, 0.15) is 29.9 Å². The van der Waals surface area contributed by atoms with Gasteiger partial charge in [-0.1, -0.05) is 6.07 Å². The summed E-state index contributed by atoms with van der Waals surface area (Å²) in [5, 5.41) is 3.43. The molecule has 3 rings (SSSR count). The number of aromatic amines is 1. The van der Waals surface area contributed by atoms with E-state index in [0.29, 0.717) is 13.2 Å². The monoisotopic (exact) mass is 338 g/mol. The van der Waals surface area contributed by atoms with E-state index in [0.717, 1.165) is 28.5 Å². The fraction of sp³-hybridized carbons (Fsp3) is 0.263. The molecule has 0 fully saturated rings. The standard InChI is InChI=1S/C19H22N4O2/c1-14(23-12-19-21-9-10-22-19)16-3-4-17(18(11-16)24-2)25-13-15-5-7-20-8-6-15/h3-11,14,23H,12-13H2,1-2H3,(H,21,22). The average Bonchev–Trinajstić information content (AvgIpc) is 3.18. The molecule has 0 aliphatic rings. The van der Waals surface area contributed by atoms with E-state index in [1.54, 1.807) is 25.7 Å². The van der Waals surface area contributed by atoms with Gasteiger partial charge in [0.1, 0.15) is 12.4 Å². The molecule has 6 heteroatoms. The Morgan fingerprint density at radius 1 is 1.12 bits per heavy atom. The number of nitrogens with one attached hydrogen (secondary N) is 2. The van der Waals surface area contributed by atoms with Crippen LogP contribution in [-0.4, -0.2) is 22.1 Å². The van der Waals surface area contributed by atoms with Crippen molar-refractivity contribution in [2.75, 3.05) is 7.11 Å². The molecular formula is C19H22N4O2. The zero-order valence-corrected chi connectivity index (χ0v) is 14.4. The zero-order chi connectivity index (χ0) is 17.5. The summed E-state index contributed by atoms with van der Waals surface area (Å²) in [4.78, 5) is 11.3. The van der Waals surface area contributed by atoms with Gasteiger partial charge in [0.25, 0.3) is 0 Å². The van der Waals surface area contributed by atoms with Gasteiger partial charge in [-0.2, -0.15) is 0 Å². The fourth-order valence-electron chi connectivity index (χ4n) is 2.48. The van der Waals surface area contributed by atoms with Gasteiger partial charge >= 0.3 is 0 Å². The Kier molecular flexibility index (Phi) is 5.64. The zero-order valence-electron chi connectivity index (χ0n) is 14.4. The van der Waals surface area contributed by atoms with Crippen LogP contribution in [0.4, 0.5) is 0 Å². The van der Waals surface area contributed by atoms with Crippen LogP contribution in [0.3, 0.4) is 0 Å². The lowest BCUT2D eigenvalue weighted by molar-refractivity contribution is 0.284. The minimum Gasteiger partial charge on any atom is -0.493 e. The fourth-order valence-corrected chi connectivity index (χ4v) is 2.48. The highest BCUT2D eigenvalue weighted by Crippen LogP contribution is 2.31. The Morgan fingerprint density at radius 3 is 2.68 bits per heavy atom. The molecular weight excluding hydrogens is 316 g/mol. The maximum absolute atomic E-state index is 5.88. The number of pyridine rings is 1. The third-order valence-corrected chi connectivity index (χ3v) is 3.96. The second-order valence-corrected chi connectivity index (χ2v) is 5.69.